The van der Waals surface area contributed by atoms with Crippen LogP contribution in [0.3, 0.4) is 0 Å². The summed E-state index contributed by atoms with van der Waals surface area (Å²) in [6.45, 7) is 5.28. The standard InChI is InChI=1S/C15H22FN/c1-3-8-17-15(12-4-5-12)10-13-6-7-14(16)9-11(13)2/h6-7,9,12,15,17H,3-5,8,10H2,1-2H3. The summed E-state index contributed by atoms with van der Waals surface area (Å²) < 4.78 is 13.0. The van der Waals surface area contributed by atoms with Crippen LogP contribution in [0.4, 0.5) is 4.39 Å². The van der Waals surface area contributed by atoms with Gasteiger partial charge in [0, 0.05) is 6.04 Å². The van der Waals surface area contributed by atoms with Gasteiger partial charge in [-0.1, -0.05) is 13.0 Å². The van der Waals surface area contributed by atoms with E-state index in [1.54, 1.807) is 12.1 Å². The molecular weight excluding hydrogens is 213 g/mol. The molecule has 0 aromatic heterocycles. The van der Waals surface area contributed by atoms with Crippen LogP contribution in [0.1, 0.15) is 37.3 Å². The molecule has 0 radical (unpaired) electrons. The molecule has 2 rings (SSSR count). The third-order valence-corrected chi connectivity index (χ3v) is 3.59. The van der Waals surface area contributed by atoms with Gasteiger partial charge in [0.25, 0.3) is 0 Å². The van der Waals surface area contributed by atoms with E-state index in [9.17, 15) is 4.39 Å². The van der Waals surface area contributed by atoms with Gasteiger partial charge in [-0.15, -0.1) is 0 Å². The second-order valence-corrected chi connectivity index (χ2v) is 5.17. The Morgan fingerprint density at radius 3 is 2.76 bits per heavy atom. The second-order valence-electron chi connectivity index (χ2n) is 5.17. The molecule has 0 aliphatic heterocycles. The summed E-state index contributed by atoms with van der Waals surface area (Å²) in [6, 6.07) is 5.73. The highest BCUT2D eigenvalue weighted by atomic mass is 19.1. The zero-order valence-electron chi connectivity index (χ0n) is 10.8. The Bertz CT molecular complexity index is 371. The Balaban J connectivity index is 2.00. The highest BCUT2D eigenvalue weighted by Crippen LogP contribution is 2.34. The van der Waals surface area contributed by atoms with E-state index in [1.807, 2.05) is 13.0 Å². The minimum atomic E-state index is -0.129. The molecule has 1 fully saturated rings. The Hall–Kier alpha value is -0.890. The molecule has 0 amide bonds. The van der Waals surface area contributed by atoms with Crippen molar-refractivity contribution >= 4 is 0 Å². The average Bonchev–Trinajstić information content (AvgIpc) is 3.11. The van der Waals surface area contributed by atoms with Gasteiger partial charge in [-0.05, 0) is 68.3 Å². The molecule has 1 aliphatic carbocycles. The number of benzene rings is 1. The lowest BCUT2D eigenvalue weighted by Gasteiger charge is -2.19. The SMILES string of the molecule is CCCNC(Cc1ccc(F)cc1C)C1CC1. The molecule has 1 unspecified atom stereocenters. The van der Waals surface area contributed by atoms with Crippen molar-refractivity contribution in [2.24, 2.45) is 5.92 Å². The van der Waals surface area contributed by atoms with Crippen molar-refractivity contribution in [3.05, 3.63) is 35.1 Å². The molecule has 1 aliphatic rings. The van der Waals surface area contributed by atoms with Crippen LogP contribution in [-0.4, -0.2) is 12.6 Å². The molecule has 17 heavy (non-hydrogen) atoms. The van der Waals surface area contributed by atoms with Crippen molar-refractivity contribution in [1.82, 2.24) is 5.32 Å². The summed E-state index contributed by atoms with van der Waals surface area (Å²) >= 11 is 0. The van der Waals surface area contributed by atoms with E-state index in [2.05, 4.69) is 12.2 Å². The molecule has 0 heterocycles. The largest absolute Gasteiger partial charge is 0.313 e. The van der Waals surface area contributed by atoms with Crippen LogP contribution in [-0.2, 0) is 6.42 Å². The number of halogens is 1. The summed E-state index contributed by atoms with van der Waals surface area (Å²) in [5.74, 6) is 0.710. The molecule has 0 bridgehead atoms. The van der Waals surface area contributed by atoms with Crippen LogP contribution in [0.15, 0.2) is 18.2 Å². The van der Waals surface area contributed by atoms with E-state index in [-0.39, 0.29) is 5.82 Å². The topological polar surface area (TPSA) is 12.0 Å². The summed E-state index contributed by atoms with van der Waals surface area (Å²) in [6.07, 6.45) is 4.91. The fraction of sp³-hybridized carbons (Fsp3) is 0.600. The van der Waals surface area contributed by atoms with Crippen LogP contribution in [0.2, 0.25) is 0 Å². The molecule has 2 heteroatoms. The van der Waals surface area contributed by atoms with Gasteiger partial charge in [-0.3, -0.25) is 0 Å². The lowest BCUT2D eigenvalue weighted by molar-refractivity contribution is 0.459. The van der Waals surface area contributed by atoms with Gasteiger partial charge < -0.3 is 5.32 Å². The molecule has 1 nitrogen and oxygen atoms in total. The Morgan fingerprint density at radius 2 is 2.18 bits per heavy atom. The molecule has 1 N–H and O–H groups in total. The van der Waals surface area contributed by atoms with Gasteiger partial charge >= 0.3 is 0 Å². The molecule has 1 aromatic carbocycles. The van der Waals surface area contributed by atoms with Crippen LogP contribution in [0, 0.1) is 18.7 Å². The van der Waals surface area contributed by atoms with Gasteiger partial charge in [0.1, 0.15) is 5.82 Å². The van der Waals surface area contributed by atoms with Gasteiger partial charge in [0.2, 0.25) is 0 Å². The maximum absolute atomic E-state index is 13.0. The number of nitrogens with one attached hydrogen (secondary N) is 1. The Labute approximate surface area is 103 Å². The number of hydrogen-bond acceptors (Lipinski definition) is 1. The van der Waals surface area contributed by atoms with Crippen molar-refractivity contribution in [3.63, 3.8) is 0 Å². The molecule has 1 saturated carbocycles. The second kappa shape index (κ2) is 5.63. The average molecular weight is 235 g/mol. The van der Waals surface area contributed by atoms with Crippen molar-refractivity contribution in [2.75, 3.05) is 6.54 Å². The Morgan fingerprint density at radius 1 is 1.41 bits per heavy atom. The van der Waals surface area contributed by atoms with E-state index in [0.717, 1.165) is 24.4 Å². The third kappa shape index (κ3) is 3.53. The van der Waals surface area contributed by atoms with Crippen molar-refractivity contribution in [1.29, 1.82) is 0 Å². The van der Waals surface area contributed by atoms with Crippen LogP contribution < -0.4 is 5.32 Å². The summed E-state index contributed by atoms with van der Waals surface area (Å²) in [5, 5.41) is 3.63. The maximum atomic E-state index is 13.0. The number of hydrogen-bond donors (Lipinski definition) is 1. The van der Waals surface area contributed by atoms with Gasteiger partial charge in [-0.25, -0.2) is 4.39 Å². The predicted molar refractivity (Wildman–Crippen MR) is 69.6 cm³/mol. The lowest BCUT2D eigenvalue weighted by Crippen LogP contribution is -2.33. The van der Waals surface area contributed by atoms with Gasteiger partial charge in [0.05, 0.1) is 0 Å². The summed E-state index contributed by atoms with van der Waals surface area (Å²) in [4.78, 5) is 0. The first kappa shape index (κ1) is 12.6. The van der Waals surface area contributed by atoms with Crippen LogP contribution in [0.5, 0.6) is 0 Å². The van der Waals surface area contributed by atoms with E-state index in [1.165, 1.54) is 24.8 Å². The fourth-order valence-electron chi connectivity index (χ4n) is 2.36. The smallest absolute Gasteiger partial charge is 0.123 e. The fourth-order valence-corrected chi connectivity index (χ4v) is 2.36. The molecular formula is C15H22FN. The molecule has 0 spiro atoms. The molecule has 94 valence electrons. The Kier molecular flexibility index (Phi) is 4.16. The summed E-state index contributed by atoms with van der Waals surface area (Å²) in [5.41, 5.74) is 2.36. The quantitative estimate of drug-likeness (QED) is 0.796. The van der Waals surface area contributed by atoms with Gasteiger partial charge in [0.15, 0.2) is 0 Å². The monoisotopic (exact) mass is 235 g/mol. The van der Waals surface area contributed by atoms with Crippen molar-refractivity contribution < 1.29 is 4.39 Å². The van der Waals surface area contributed by atoms with E-state index >= 15 is 0 Å². The number of rotatable bonds is 6. The number of aryl methyl sites for hydroxylation is 1. The molecule has 0 saturated heterocycles. The van der Waals surface area contributed by atoms with Crippen LogP contribution in [0.25, 0.3) is 0 Å². The van der Waals surface area contributed by atoms with Crippen molar-refractivity contribution in [3.8, 4) is 0 Å². The van der Waals surface area contributed by atoms with Crippen LogP contribution >= 0.6 is 0 Å². The zero-order valence-corrected chi connectivity index (χ0v) is 10.8. The minimum absolute atomic E-state index is 0.129. The van der Waals surface area contributed by atoms with Crippen molar-refractivity contribution in [2.45, 2.75) is 45.6 Å². The highest BCUT2D eigenvalue weighted by molar-refractivity contribution is 5.27. The normalized spacial score (nSPS) is 17.1. The predicted octanol–water partition coefficient (Wildman–Crippen LogP) is 3.45. The van der Waals surface area contributed by atoms with Gasteiger partial charge in [-0.2, -0.15) is 0 Å². The lowest BCUT2D eigenvalue weighted by atomic mass is 9.98. The third-order valence-electron chi connectivity index (χ3n) is 3.59. The maximum Gasteiger partial charge on any atom is 0.123 e. The van der Waals surface area contributed by atoms with E-state index < -0.39 is 0 Å². The first-order valence-electron chi connectivity index (χ1n) is 6.69. The zero-order chi connectivity index (χ0) is 12.3. The highest BCUT2D eigenvalue weighted by Gasteiger charge is 2.30. The van der Waals surface area contributed by atoms with E-state index in [4.69, 9.17) is 0 Å². The summed E-state index contributed by atoms with van der Waals surface area (Å²) in [7, 11) is 0. The minimum Gasteiger partial charge on any atom is -0.313 e. The molecule has 1 aromatic rings. The molecule has 1 atom stereocenters. The first-order chi connectivity index (χ1) is 8.20. The van der Waals surface area contributed by atoms with E-state index in [0.29, 0.717) is 6.04 Å². The first-order valence-corrected chi connectivity index (χ1v) is 6.69.